The summed E-state index contributed by atoms with van der Waals surface area (Å²) in [4.78, 5) is 18.0. The van der Waals surface area contributed by atoms with Gasteiger partial charge in [-0.1, -0.05) is 36.4 Å². The molecule has 0 saturated carbocycles. The maximum atomic E-state index is 13.9. The van der Waals surface area contributed by atoms with Crippen LogP contribution in [0, 0.1) is 0 Å². The van der Waals surface area contributed by atoms with E-state index in [0.29, 0.717) is 37.7 Å². The van der Waals surface area contributed by atoms with Crippen LogP contribution in [-0.2, 0) is 23.1 Å². The van der Waals surface area contributed by atoms with Crippen LogP contribution in [-0.4, -0.2) is 77.6 Å². The first-order valence-corrected chi connectivity index (χ1v) is 14.8. The van der Waals surface area contributed by atoms with E-state index in [-0.39, 0.29) is 30.5 Å². The summed E-state index contributed by atoms with van der Waals surface area (Å²) < 4.78 is 49.2. The van der Waals surface area contributed by atoms with Crippen molar-refractivity contribution >= 4 is 21.6 Å². The maximum absolute atomic E-state index is 13.9. The lowest BCUT2D eigenvalue weighted by Crippen LogP contribution is -2.48. The molecule has 3 aromatic carbocycles. The van der Waals surface area contributed by atoms with Gasteiger partial charge in [0.1, 0.15) is 0 Å². The van der Waals surface area contributed by atoms with Crippen molar-refractivity contribution in [2.75, 3.05) is 57.8 Å². The molecular formula is C29H33N3O7S. The van der Waals surface area contributed by atoms with Gasteiger partial charge in [-0.15, -0.1) is 0 Å². The van der Waals surface area contributed by atoms with E-state index < -0.39 is 10.0 Å². The van der Waals surface area contributed by atoms with Crippen molar-refractivity contribution in [3.8, 4) is 23.0 Å². The largest absolute Gasteiger partial charge is 0.493 e. The van der Waals surface area contributed by atoms with Crippen LogP contribution in [0.4, 0.5) is 5.69 Å². The van der Waals surface area contributed by atoms with Crippen LogP contribution >= 0.6 is 0 Å². The number of nitrogens with zero attached hydrogens (tertiary/aromatic N) is 3. The first-order chi connectivity index (χ1) is 19.3. The minimum absolute atomic E-state index is 0.0682. The fraction of sp³-hybridized carbons (Fsp3) is 0.345. The van der Waals surface area contributed by atoms with Gasteiger partial charge in [-0.2, -0.15) is 0 Å². The fourth-order valence-electron chi connectivity index (χ4n) is 4.95. The molecule has 1 amide bonds. The number of carbonyl (C=O) groups is 1. The second-order valence-corrected chi connectivity index (χ2v) is 11.6. The first-order valence-electron chi connectivity index (χ1n) is 12.9. The van der Waals surface area contributed by atoms with Gasteiger partial charge in [-0.3, -0.25) is 14.0 Å². The average Bonchev–Trinajstić information content (AvgIpc) is 3.43. The number of methoxy groups -OCH3 is 2. The van der Waals surface area contributed by atoms with Crippen LogP contribution in [0.2, 0.25) is 0 Å². The van der Waals surface area contributed by atoms with E-state index in [0.717, 1.165) is 35.4 Å². The van der Waals surface area contributed by atoms with Gasteiger partial charge in [-0.05, 0) is 29.3 Å². The molecule has 2 aliphatic rings. The number of hydrogen-bond acceptors (Lipinski definition) is 8. The van der Waals surface area contributed by atoms with Crippen LogP contribution in [0.25, 0.3) is 0 Å². The predicted molar refractivity (Wildman–Crippen MR) is 151 cm³/mol. The number of anilines is 1. The smallest absolute Gasteiger partial charge is 0.256 e. The fourth-order valence-corrected chi connectivity index (χ4v) is 5.85. The summed E-state index contributed by atoms with van der Waals surface area (Å²) in [5.41, 5.74) is 2.38. The minimum atomic E-state index is -3.76. The summed E-state index contributed by atoms with van der Waals surface area (Å²) in [7, 11) is -0.795. The minimum Gasteiger partial charge on any atom is -0.493 e. The molecule has 40 heavy (non-hydrogen) atoms. The zero-order chi connectivity index (χ0) is 28.3. The second kappa shape index (κ2) is 11.6. The van der Waals surface area contributed by atoms with Crippen molar-refractivity contribution in [3.05, 3.63) is 77.4 Å². The van der Waals surface area contributed by atoms with E-state index in [1.807, 2.05) is 48.5 Å². The number of rotatable bonds is 9. The molecule has 0 spiro atoms. The Morgan fingerprint density at radius 2 is 1.55 bits per heavy atom. The Hall–Kier alpha value is -3.96. The molecule has 0 radical (unpaired) electrons. The molecule has 1 fully saturated rings. The molecule has 0 aliphatic carbocycles. The SMILES string of the molecule is COc1cc(C(=O)N2CCN(Cc3ccc4c(c3)OCO4)CC2)c(N(Cc2ccccc2)S(C)(=O)=O)cc1OC. The lowest BCUT2D eigenvalue weighted by Gasteiger charge is -2.35. The molecule has 2 aliphatic heterocycles. The van der Waals surface area contributed by atoms with E-state index in [2.05, 4.69) is 4.90 Å². The topological polar surface area (TPSA) is 97.9 Å². The summed E-state index contributed by atoms with van der Waals surface area (Å²) in [6.07, 6.45) is 1.13. The van der Waals surface area contributed by atoms with Gasteiger partial charge in [0.25, 0.3) is 5.91 Å². The van der Waals surface area contributed by atoms with Gasteiger partial charge in [-0.25, -0.2) is 8.42 Å². The number of amides is 1. The molecule has 0 atom stereocenters. The van der Waals surface area contributed by atoms with E-state index in [4.69, 9.17) is 18.9 Å². The second-order valence-electron chi connectivity index (χ2n) is 9.74. The molecule has 0 bridgehead atoms. The van der Waals surface area contributed by atoms with Crippen LogP contribution in [0.1, 0.15) is 21.5 Å². The van der Waals surface area contributed by atoms with Gasteiger partial charge < -0.3 is 23.8 Å². The van der Waals surface area contributed by atoms with Gasteiger partial charge >= 0.3 is 0 Å². The highest BCUT2D eigenvalue weighted by Gasteiger charge is 2.30. The highest BCUT2D eigenvalue weighted by atomic mass is 32.2. The van der Waals surface area contributed by atoms with Crippen molar-refractivity contribution in [3.63, 3.8) is 0 Å². The van der Waals surface area contributed by atoms with Gasteiger partial charge in [0.15, 0.2) is 23.0 Å². The normalized spacial score (nSPS) is 15.1. The molecule has 212 valence electrons. The van der Waals surface area contributed by atoms with E-state index in [1.165, 1.54) is 18.5 Å². The number of hydrogen-bond donors (Lipinski definition) is 0. The zero-order valence-electron chi connectivity index (χ0n) is 22.8. The van der Waals surface area contributed by atoms with Crippen molar-refractivity contribution < 1.29 is 32.2 Å². The molecule has 1 saturated heterocycles. The Kier molecular flexibility index (Phi) is 8.04. The Morgan fingerprint density at radius 3 is 2.23 bits per heavy atom. The molecule has 0 aromatic heterocycles. The van der Waals surface area contributed by atoms with Crippen LogP contribution in [0.15, 0.2) is 60.7 Å². The molecule has 2 heterocycles. The van der Waals surface area contributed by atoms with Crippen molar-refractivity contribution in [2.45, 2.75) is 13.1 Å². The zero-order valence-corrected chi connectivity index (χ0v) is 23.6. The number of ether oxygens (including phenoxy) is 4. The summed E-state index contributed by atoms with van der Waals surface area (Å²) >= 11 is 0. The number of carbonyl (C=O) groups excluding carboxylic acids is 1. The molecule has 0 N–H and O–H groups in total. The van der Waals surface area contributed by atoms with E-state index >= 15 is 0 Å². The highest BCUT2D eigenvalue weighted by molar-refractivity contribution is 7.92. The first kappa shape index (κ1) is 27.6. The summed E-state index contributed by atoms with van der Waals surface area (Å²) in [5.74, 6) is 1.92. The van der Waals surface area contributed by atoms with Gasteiger partial charge in [0.05, 0.1) is 38.3 Å². The van der Waals surface area contributed by atoms with Crippen molar-refractivity contribution in [1.82, 2.24) is 9.80 Å². The molecule has 3 aromatic rings. The summed E-state index contributed by atoms with van der Waals surface area (Å²) in [5, 5.41) is 0. The van der Waals surface area contributed by atoms with Crippen molar-refractivity contribution in [2.24, 2.45) is 0 Å². The van der Waals surface area contributed by atoms with Gasteiger partial charge in [0.2, 0.25) is 16.8 Å². The third-order valence-electron chi connectivity index (χ3n) is 7.07. The molecular weight excluding hydrogens is 534 g/mol. The third kappa shape index (κ3) is 5.95. The average molecular weight is 568 g/mol. The van der Waals surface area contributed by atoms with Crippen molar-refractivity contribution in [1.29, 1.82) is 0 Å². The Morgan fingerprint density at radius 1 is 0.875 bits per heavy atom. The Bertz CT molecular complexity index is 1470. The molecule has 11 heteroatoms. The Labute approximate surface area is 234 Å². The van der Waals surface area contributed by atoms with Crippen LogP contribution < -0.4 is 23.3 Å². The molecule has 10 nitrogen and oxygen atoms in total. The molecule has 5 rings (SSSR count). The molecule has 0 unspecified atom stereocenters. The number of sulfonamides is 1. The highest BCUT2D eigenvalue weighted by Crippen LogP contribution is 2.38. The predicted octanol–water partition coefficient (Wildman–Crippen LogP) is 3.36. The van der Waals surface area contributed by atoms with Gasteiger partial charge in [0, 0.05) is 38.8 Å². The number of benzene rings is 3. The van der Waals surface area contributed by atoms with E-state index in [9.17, 15) is 13.2 Å². The maximum Gasteiger partial charge on any atom is 0.256 e. The van der Waals surface area contributed by atoms with Crippen LogP contribution in [0.3, 0.4) is 0 Å². The Balaban J connectivity index is 1.38. The lowest BCUT2D eigenvalue weighted by molar-refractivity contribution is 0.0629. The monoisotopic (exact) mass is 567 g/mol. The summed E-state index contributed by atoms with van der Waals surface area (Å²) in [6, 6.07) is 18.3. The third-order valence-corrected chi connectivity index (χ3v) is 8.20. The quantitative estimate of drug-likeness (QED) is 0.388. The lowest BCUT2D eigenvalue weighted by atomic mass is 10.1. The number of fused-ring (bicyclic) bond motifs is 1. The van der Waals surface area contributed by atoms with Crippen LogP contribution in [0.5, 0.6) is 23.0 Å². The summed E-state index contributed by atoms with van der Waals surface area (Å²) in [6.45, 7) is 3.35. The standard InChI is InChI=1S/C29H33N3O7S/c1-36-26-16-23(24(17-27(26)37-2)32(40(3,34)35)19-21-7-5-4-6-8-21)29(33)31-13-11-30(12-14-31)18-22-9-10-25-28(15-22)39-20-38-25/h4-10,15-17H,11-14,18-20H2,1-3H3. The number of piperazine rings is 1. The van der Waals surface area contributed by atoms with E-state index in [1.54, 1.807) is 17.0 Å².